The van der Waals surface area contributed by atoms with Crippen molar-refractivity contribution in [1.82, 2.24) is 15.0 Å². The van der Waals surface area contributed by atoms with Gasteiger partial charge >= 0.3 is 11.9 Å². The van der Waals surface area contributed by atoms with E-state index in [0.717, 1.165) is 0 Å². The average Bonchev–Trinajstić information content (AvgIpc) is 3.10. The number of hydrazone groups is 1. The number of hydrogen-bond acceptors (Lipinski definition) is 11. The van der Waals surface area contributed by atoms with Gasteiger partial charge in [-0.1, -0.05) is 5.21 Å². The Morgan fingerprint density at radius 1 is 1.18 bits per heavy atom. The Bertz CT molecular complexity index is 660. The second-order valence-electron chi connectivity index (χ2n) is 5.21. The quantitative estimate of drug-likeness (QED) is 0.141. The van der Waals surface area contributed by atoms with E-state index in [0.29, 0.717) is 37.8 Å². The smallest absolute Gasteiger partial charge is 0.327 e. The fourth-order valence-corrected chi connectivity index (χ4v) is 1.83. The zero-order valence-electron chi connectivity index (χ0n) is 16.1. The molecule has 1 rings (SSSR count). The maximum atomic E-state index is 11.4. The first-order chi connectivity index (χ1) is 13.6. The van der Waals surface area contributed by atoms with Gasteiger partial charge < -0.3 is 24.8 Å². The number of aromatic nitrogens is 3. The molecule has 0 spiro atoms. The molecule has 0 unspecified atom stereocenters. The monoisotopic (exact) mass is 398 g/mol. The van der Waals surface area contributed by atoms with Gasteiger partial charge in [0.15, 0.2) is 0 Å². The number of esters is 2. The van der Waals surface area contributed by atoms with Gasteiger partial charge in [0.1, 0.15) is 24.5 Å². The molecule has 12 heteroatoms. The van der Waals surface area contributed by atoms with E-state index in [1.165, 1.54) is 10.9 Å². The maximum Gasteiger partial charge on any atom is 0.327 e. The molecule has 0 fully saturated rings. The number of rotatable bonds is 14. The van der Waals surface area contributed by atoms with Crippen LogP contribution in [0.15, 0.2) is 16.3 Å². The van der Waals surface area contributed by atoms with Gasteiger partial charge in [-0.05, 0) is 13.8 Å². The van der Waals surface area contributed by atoms with Gasteiger partial charge in [0.25, 0.3) is 0 Å². The van der Waals surface area contributed by atoms with Gasteiger partial charge in [0, 0.05) is 6.21 Å². The maximum absolute atomic E-state index is 11.4. The predicted molar refractivity (Wildman–Crippen MR) is 98.7 cm³/mol. The van der Waals surface area contributed by atoms with Crippen LogP contribution in [0, 0.1) is 0 Å². The molecule has 0 saturated heterocycles. The molecule has 0 aliphatic carbocycles. The molecule has 156 valence electrons. The fourth-order valence-electron chi connectivity index (χ4n) is 1.83. The van der Waals surface area contributed by atoms with E-state index in [-0.39, 0.29) is 32.3 Å². The molecule has 28 heavy (non-hydrogen) atoms. The van der Waals surface area contributed by atoms with Gasteiger partial charge in [-0.2, -0.15) is 5.10 Å². The summed E-state index contributed by atoms with van der Waals surface area (Å²) in [5.74, 6) is 4.43. The third-order valence-electron chi connectivity index (χ3n) is 2.99. The molecule has 12 nitrogen and oxygen atoms in total. The van der Waals surface area contributed by atoms with E-state index in [9.17, 15) is 9.59 Å². The lowest BCUT2D eigenvalue weighted by atomic mass is 10.4. The lowest BCUT2D eigenvalue weighted by Crippen LogP contribution is -2.16. The minimum Gasteiger partial charge on any atom is -0.465 e. The molecule has 0 bridgehead atoms. The van der Waals surface area contributed by atoms with Crippen LogP contribution >= 0.6 is 0 Å². The van der Waals surface area contributed by atoms with E-state index >= 15 is 0 Å². The Balaban J connectivity index is 2.16. The molecule has 0 aliphatic heterocycles. The van der Waals surface area contributed by atoms with Crippen LogP contribution in [0.25, 0.3) is 0 Å². The van der Waals surface area contributed by atoms with Crippen molar-refractivity contribution < 1.29 is 28.5 Å². The number of carbonyl (C=O) groups excluding carboxylic acids is 2. The minimum atomic E-state index is -0.427. The zero-order chi connectivity index (χ0) is 20.6. The van der Waals surface area contributed by atoms with Crippen molar-refractivity contribution in [3.05, 3.63) is 11.9 Å². The third kappa shape index (κ3) is 10.3. The van der Waals surface area contributed by atoms with Crippen molar-refractivity contribution in [2.24, 2.45) is 15.9 Å². The lowest BCUT2D eigenvalue weighted by molar-refractivity contribution is -0.144. The normalized spacial score (nSPS) is 11.7. The van der Waals surface area contributed by atoms with Crippen LogP contribution in [0.4, 0.5) is 0 Å². The standard InChI is InChI=1S/C16H26N6O6/c1-3-27-15(23)8-18-7-13(19-17)11-25-5-6-26-12-14-9-22(21-20-14)10-16(24)28-4-2/h7,9H,3-6,8,10-12,17H2,1-2H3. The van der Waals surface area contributed by atoms with Crippen molar-refractivity contribution >= 4 is 23.9 Å². The number of nitrogens with two attached hydrogens (primary N) is 1. The van der Waals surface area contributed by atoms with Crippen molar-refractivity contribution in [2.75, 3.05) is 39.6 Å². The first kappa shape index (κ1) is 23.2. The van der Waals surface area contributed by atoms with Gasteiger partial charge in [0.05, 0.1) is 45.8 Å². The lowest BCUT2D eigenvalue weighted by Gasteiger charge is -2.04. The van der Waals surface area contributed by atoms with E-state index in [1.807, 2.05) is 0 Å². The van der Waals surface area contributed by atoms with Crippen LogP contribution in [0.3, 0.4) is 0 Å². The highest BCUT2D eigenvalue weighted by molar-refractivity contribution is 6.31. The molecule has 2 N–H and O–H groups in total. The Morgan fingerprint density at radius 3 is 2.61 bits per heavy atom. The van der Waals surface area contributed by atoms with Gasteiger partial charge in [-0.15, -0.1) is 5.10 Å². The van der Waals surface area contributed by atoms with E-state index < -0.39 is 5.97 Å². The highest BCUT2D eigenvalue weighted by atomic mass is 16.5. The molecule has 0 radical (unpaired) electrons. The zero-order valence-corrected chi connectivity index (χ0v) is 16.1. The Hall–Kier alpha value is -2.86. The molecule has 0 aromatic carbocycles. The molecule has 0 amide bonds. The number of hydrogen-bond donors (Lipinski definition) is 1. The van der Waals surface area contributed by atoms with Crippen LogP contribution in [0.2, 0.25) is 0 Å². The summed E-state index contributed by atoms with van der Waals surface area (Å²) >= 11 is 0. The topological polar surface area (TPSA) is 153 Å². The van der Waals surface area contributed by atoms with Crippen LogP contribution < -0.4 is 5.84 Å². The molecule has 1 aromatic heterocycles. The van der Waals surface area contributed by atoms with E-state index in [4.69, 9.17) is 24.8 Å². The van der Waals surface area contributed by atoms with Crippen LogP contribution in [-0.4, -0.2) is 78.4 Å². The Kier molecular flexibility index (Phi) is 11.8. The highest BCUT2D eigenvalue weighted by Gasteiger charge is 2.06. The molecule has 0 atom stereocenters. The summed E-state index contributed by atoms with van der Waals surface area (Å²) in [4.78, 5) is 26.4. The SMILES string of the molecule is CCOC(=O)CN=CC(COCCOCc1cn(CC(=O)OCC)nn1)=NN. The van der Waals surface area contributed by atoms with Crippen LogP contribution in [0.5, 0.6) is 0 Å². The summed E-state index contributed by atoms with van der Waals surface area (Å²) < 4.78 is 21.7. The third-order valence-corrected chi connectivity index (χ3v) is 2.99. The fraction of sp³-hybridized carbons (Fsp3) is 0.625. The van der Waals surface area contributed by atoms with Crippen molar-refractivity contribution in [2.45, 2.75) is 27.0 Å². The molecular weight excluding hydrogens is 372 g/mol. The molecule has 0 saturated carbocycles. The van der Waals surface area contributed by atoms with E-state index in [2.05, 4.69) is 20.4 Å². The largest absolute Gasteiger partial charge is 0.465 e. The minimum absolute atomic E-state index is 0.00285. The first-order valence-electron chi connectivity index (χ1n) is 8.71. The van der Waals surface area contributed by atoms with Crippen LogP contribution in [-0.2, 0) is 41.7 Å². The summed E-state index contributed by atoms with van der Waals surface area (Å²) in [5.41, 5.74) is 0.964. The summed E-state index contributed by atoms with van der Waals surface area (Å²) in [6, 6.07) is 0. The number of nitrogens with zero attached hydrogens (tertiary/aromatic N) is 5. The highest BCUT2D eigenvalue weighted by Crippen LogP contribution is 1.97. The number of aliphatic imine (C=N–C) groups is 1. The van der Waals surface area contributed by atoms with Crippen LogP contribution in [0.1, 0.15) is 19.5 Å². The number of carbonyl (C=O) groups is 2. The second-order valence-corrected chi connectivity index (χ2v) is 5.21. The molecule has 1 aromatic rings. The van der Waals surface area contributed by atoms with E-state index in [1.54, 1.807) is 20.0 Å². The Labute approximate surface area is 162 Å². The van der Waals surface area contributed by atoms with Gasteiger partial charge in [-0.25, -0.2) is 4.68 Å². The summed E-state index contributed by atoms with van der Waals surface area (Å²) in [6.45, 7) is 4.93. The summed E-state index contributed by atoms with van der Waals surface area (Å²) in [7, 11) is 0. The van der Waals surface area contributed by atoms with Gasteiger partial charge in [0.2, 0.25) is 0 Å². The summed E-state index contributed by atoms with van der Waals surface area (Å²) in [6.07, 6.45) is 2.97. The first-order valence-corrected chi connectivity index (χ1v) is 8.71. The number of ether oxygens (including phenoxy) is 4. The second kappa shape index (κ2) is 14.2. The van der Waals surface area contributed by atoms with Crippen molar-refractivity contribution in [3.8, 4) is 0 Å². The molecule has 0 aliphatic rings. The average molecular weight is 398 g/mol. The summed E-state index contributed by atoms with van der Waals surface area (Å²) in [5, 5.41) is 11.2. The molecule has 1 heterocycles. The van der Waals surface area contributed by atoms with Crippen molar-refractivity contribution in [3.63, 3.8) is 0 Å². The molecular formula is C16H26N6O6. The predicted octanol–water partition coefficient (Wildman–Crippen LogP) is -0.677. The van der Waals surface area contributed by atoms with Crippen molar-refractivity contribution in [1.29, 1.82) is 0 Å². The Morgan fingerprint density at radius 2 is 1.89 bits per heavy atom. The van der Waals surface area contributed by atoms with Gasteiger partial charge in [-0.3, -0.25) is 14.6 Å².